The average molecular weight is 229 g/mol. The topological polar surface area (TPSA) is 103 Å². The zero-order valence-electron chi connectivity index (χ0n) is 8.97. The van der Waals surface area contributed by atoms with Crippen molar-refractivity contribution in [2.45, 2.75) is 12.5 Å². The summed E-state index contributed by atoms with van der Waals surface area (Å²) >= 11 is 0. The van der Waals surface area contributed by atoms with Gasteiger partial charge < -0.3 is 15.8 Å². The monoisotopic (exact) mass is 229 g/mol. The molecule has 0 unspecified atom stereocenters. The lowest BCUT2D eigenvalue weighted by molar-refractivity contribution is -0.138. The molecule has 0 aliphatic heterocycles. The molecule has 17 heavy (non-hydrogen) atoms. The van der Waals surface area contributed by atoms with E-state index in [-0.39, 0.29) is 6.42 Å². The number of carboxylic acids is 1. The van der Waals surface area contributed by atoms with Crippen molar-refractivity contribution < 1.29 is 9.90 Å². The van der Waals surface area contributed by atoms with Gasteiger partial charge in [0, 0.05) is 23.5 Å². The summed E-state index contributed by atoms with van der Waals surface area (Å²) in [4.78, 5) is 13.7. The summed E-state index contributed by atoms with van der Waals surface area (Å²) in [5.74, 6) is -1.03. The average Bonchev–Trinajstić information content (AvgIpc) is 2.71. The van der Waals surface area contributed by atoms with Crippen molar-refractivity contribution in [2.75, 3.05) is 0 Å². The highest BCUT2D eigenvalue weighted by molar-refractivity contribution is 5.85. The summed E-state index contributed by atoms with van der Waals surface area (Å²) in [6.45, 7) is 0. The molecule has 0 fully saturated rings. The number of carboxylic acid groups (broad SMARTS) is 1. The molecule has 86 valence electrons. The summed E-state index contributed by atoms with van der Waals surface area (Å²) < 4.78 is 0. The summed E-state index contributed by atoms with van der Waals surface area (Å²) in [6, 6.07) is 6.36. The smallest absolute Gasteiger partial charge is 0.320 e. The van der Waals surface area contributed by atoms with Gasteiger partial charge in [-0.1, -0.05) is 0 Å². The zero-order valence-corrected chi connectivity index (χ0v) is 8.97. The van der Waals surface area contributed by atoms with Gasteiger partial charge >= 0.3 is 5.97 Å². The fraction of sp³-hybridized carbons (Fsp3) is 0.167. The lowest BCUT2D eigenvalue weighted by atomic mass is 10.0. The van der Waals surface area contributed by atoms with Gasteiger partial charge in [0.05, 0.1) is 11.6 Å². The first-order valence-corrected chi connectivity index (χ1v) is 5.10. The van der Waals surface area contributed by atoms with Gasteiger partial charge in [-0.25, -0.2) is 0 Å². The Morgan fingerprint density at radius 2 is 2.35 bits per heavy atom. The lowest BCUT2D eigenvalue weighted by Crippen LogP contribution is -2.32. The Labute approximate surface area is 97.5 Å². The van der Waals surface area contributed by atoms with Crippen LogP contribution in [0.4, 0.5) is 0 Å². The third-order valence-corrected chi connectivity index (χ3v) is 2.65. The molecule has 1 heterocycles. The molecule has 0 radical (unpaired) electrons. The van der Waals surface area contributed by atoms with Gasteiger partial charge in [-0.3, -0.25) is 4.79 Å². The second-order valence-electron chi connectivity index (χ2n) is 3.83. The summed E-state index contributed by atoms with van der Waals surface area (Å²) in [5.41, 5.74) is 7.72. The minimum absolute atomic E-state index is 0.240. The van der Waals surface area contributed by atoms with Crippen LogP contribution in [0.1, 0.15) is 11.1 Å². The predicted molar refractivity (Wildman–Crippen MR) is 62.3 cm³/mol. The summed E-state index contributed by atoms with van der Waals surface area (Å²) in [5, 5.41) is 18.4. The minimum atomic E-state index is -1.03. The van der Waals surface area contributed by atoms with Crippen molar-refractivity contribution >= 4 is 16.9 Å². The molecule has 2 rings (SSSR count). The van der Waals surface area contributed by atoms with Gasteiger partial charge in [0.15, 0.2) is 0 Å². The van der Waals surface area contributed by atoms with Crippen LogP contribution in [-0.4, -0.2) is 22.1 Å². The van der Waals surface area contributed by atoms with Crippen molar-refractivity contribution in [1.29, 1.82) is 5.26 Å². The number of nitrogens with two attached hydrogens (primary N) is 1. The number of benzene rings is 1. The van der Waals surface area contributed by atoms with E-state index < -0.39 is 12.0 Å². The maximum Gasteiger partial charge on any atom is 0.320 e. The van der Waals surface area contributed by atoms with Crippen LogP contribution in [0.2, 0.25) is 0 Å². The highest BCUT2D eigenvalue weighted by Gasteiger charge is 2.14. The fourth-order valence-electron chi connectivity index (χ4n) is 1.74. The maximum absolute atomic E-state index is 10.7. The van der Waals surface area contributed by atoms with Gasteiger partial charge in [0.2, 0.25) is 0 Å². The quantitative estimate of drug-likeness (QED) is 0.730. The summed E-state index contributed by atoms with van der Waals surface area (Å²) in [6.07, 6.45) is 1.97. The van der Waals surface area contributed by atoms with Crippen LogP contribution in [-0.2, 0) is 11.2 Å². The molecule has 5 heteroatoms. The number of fused-ring (bicyclic) bond motifs is 1. The first-order chi connectivity index (χ1) is 8.11. The van der Waals surface area contributed by atoms with Crippen LogP contribution < -0.4 is 5.73 Å². The van der Waals surface area contributed by atoms with Crippen LogP contribution in [0.3, 0.4) is 0 Å². The number of aliphatic carboxylic acids is 1. The molecule has 1 aromatic heterocycles. The van der Waals surface area contributed by atoms with E-state index in [1.807, 2.05) is 0 Å². The molecule has 2 aromatic rings. The second kappa shape index (κ2) is 4.28. The maximum atomic E-state index is 10.7. The van der Waals surface area contributed by atoms with Crippen molar-refractivity contribution in [3.8, 4) is 6.07 Å². The number of nitriles is 1. The van der Waals surface area contributed by atoms with Crippen LogP contribution in [0.15, 0.2) is 24.4 Å². The molecule has 1 aromatic carbocycles. The molecule has 0 aliphatic carbocycles. The number of H-pyrrole nitrogens is 1. The largest absolute Gasteiger partial charge is 0.480 e. The van der Waals surface area contributed by atoms with Gasteiger partial charge in [0.25, 0.3) is 0 Å². The highest BCUT2D eigenvalue weighted by Crippen LogP contribution is 2.20. The Kier molecular flexibility index (Phi) is 2.81. The van der Waals surface area contributed by atoms with Crippen molar-refractivity contribution in [3.63, 3.8) is 0 Å². The van der Waals surface area contributed by atoms with Gasteiger partial charge in [-0.2, -0.15) is 5.26 Å². The van der Waals surface area contributed by atoms with Crippen LogP contribution >= 0.6 is 0 Å². The molecule has 0 amide bonds. The number of hydrogen-bond donors (Lipinski definition) is 3. The molecular weight excluding hydrogens is 218 g/mol. The molecule has 0 saturated heterocycles. The molecule has 1 atom stereocenters. The van der Waals surface area contributed by atoms with E-state index in [0.717, 1.165) is 16.5 Å². The minimum Gasteiger partial charge on any atom is -0.480 e. The predicted octanol–water partition coefficient (Wildman–Crippen LogP) is 0.994. The van der Waals surface area contributed by atoms with Gasteiger partial charge in [-0.05, 0) is 23.8 Å². The molecule has 0 bridgehead atoms. The second-order valence-corrected chi connectivity index (χ2v) is 3.83. The first kappa shape index (κ1) is 11.2. The number of aromatic amines is 1. The Morgan fingerprint density at radius 1 is 1.59 bits per heavy atom. The number of carbonyl (C=O) groups is 1. The molecular formula is C12H11N3O2. The molecule has 0 aliphatic rings. The van der Waals surface area contributed by atoms with E-state index in [0.29, 0.717) is 5.56 Å². The number of hydrogen-bond acceptors (Lipinski definition) is 3. The van der Waals surface area contributed by atoms with E-state index in [2.05, 4.69) is 11.1 Å². The number of nitrogens with one attached hydrogen (secondary N) is 1. The number of rotatable bonds is 3. The fourth-order valence-corrected chi connectivity index (χ4v) is 1.74. The lowest BCUT2D eigenvalue weighted by Gasteiger charge is -2.04. The number of nitrogens with zero attached hydrogens (tertiary/aromatic N) is 1. The third-order valence-electron chi connectivity index (χ3n) is 2.65. The van der Waals surface area contributed by atoms with Crippen LogP contribution in [0.25, 0.3) is 10.9 Å². The van der Waals surface area contributed by atoms with E-state index in [9.17, 15) is 4.79 Å². The Bertz CT molecular complexity index is 610. The van der Waals surface area contributed by atoms with Crippen molar-refractivity contribution in [3.05, 3.63) is 35.5 Å². The third kappa shape index (κ3) is 2.12. The van der Waals surface area contributed by atoms with E-state index >= 15 is 0 Å². The molecule has 0 spiro atoms. The van der Waals surface area contributed by atoms with Gasteiger partial charge in [-0.15, -0.1) is 0 Å². The van der Waals surface area contributed by atoms with Crippen molar-refractivity contribution in [1.82, 2.24) is 4.98 Å². The molecule has 5 nitrogen and oxygen atoms in total. The van der Waals surface area contributed by atoms with Crippen LogP contribution in [0.5, 0.6) is 0 Å². The standard InChI is InChI=1S/C12H11N3O2/c13-5-7-1-2-11-9(3-7)8(6-15-11)4-10(14)12(16)17/h1-3,6,10,15H,4,14H2,(H,16,17)/t10-/m0/s1. The van der Waals surface area contributed by atoms with E-state index in [1.165, 1.54) is 0 Å². The first-order valence-electron chi connectivity index (χ1n) is 5.10. The van der Waals surface area contributed by atoms with Gasteiger partial charge in [0.1, 0.15) is 6.04 Å². The van der Waals surface area contributed by atoms with Crippen LogP contribution in [0, 0.1) is 11.3 Å². The number of aromatic nitrogens is 1. The Hall–Kier alpha value is -2.32. The normalized spacial score (nSPS) is 12.2. The van der Waals surface area contributed by atoms with E-state index in [1.54, 1.807) is 24.4 Å². The molecule has 0 saturated carbocycles. The Balaban J connectivity index is 2.41. The highest BCUT2D eigenvalue weighted by atomic mass is 16.4. The van der Waals surface area contributed by atoms with Crippen molar-refractivity contribution in [2.24, 2.45) is 5.73 Å². The molecule has 4 N–H and O–H groups in total. The zero-order chi connectivity index (χ0) is 12.4. The summed E-state index contributed by atoms with van der Waals surface area (Å²) in [7, 11) is 0. The van der Waals surface area contributed by atoms with E-state index in [4.69, 9.17) is 16.1 Å². The SMILES string of the molecule is N#Cc1ccc2[nH]cc(C[C@H](N)C(=O)O)c2c1. The Morgan fingerprint density at radius 3 is 3.00 bits per heavy atom.